The third-order valence-electron chi connectivity index (χ3n) is 2.73. The van der Waals surface area contributed by atoms with Crippen molar-refractivity contribution < 1.29 is 0 Å². The van der Waals surface area contributed by atoms with Crippen LogP contribution in [-0.2, 0) is 6.42 Å². The van der Waals surface area contributed by atoms with Crippen molar-refractivity contribution in [2.45, 2.75) is 6.42 Å². The second kappa shape index (κ2) is 5.68. The number of nitrogen functional groups attached to an aromatic ring is 2. The van der Waals surface area contributed by atoms with Crippen LogP contribution < -0.4 is 11.5 Å². The summed E-state index contributed by atoms with van der Waals surface area (Å²) in [6, 6.07) is 7.10. The predicted octanol–water partition coefficient (Wildman–Crippen LogP) is 5.06. The van der Waals surface area contributed by atoms with Crippen LogP contribution in [-0.4, -0.2) is 0 Å². The van der Waals surface area contributed by atoms with Gasteiger partial charge in [-0.1, -0.05) is 52.5 Å². The fourth-order valence-electron chi connectivity index (χ4n) is 1.69. The zero-order valence-corrected chi connectivity index (χ0v) is 12.7. The third-order valence-corrected chi connectivity index (χ3v) is 4.29. The molecule has 0 bridgehead atoms. The molecule has 4 N–H and O–H groups in total. The number of nitrogens with two attached hydrogens (primary N) is 2. The van der Waals surface area contributed by atoms with E-state index in [2.05, 4.69) is 0 Å². The van der Waals surface area contributed by atoms with E-state index in [1.807, 2.05) is 6.07 Å². The van der Waals surface area contributed by atoms with Crippen LogP contribution in [0.3, 0.4) is 0 Å². The van der Waals surface area contributed by atoms with Gasteiger partial charge >= 0.3 is 0 Å². The van der Waals surface area contributed by atoms with Gasteiger partial charge < -0.3 is 11.5 Å². The number of hydrogen-bond donors (Lipinski definition) is 2. The lowest BCUT2D eigenvalue weighted by atomic mass is 10.0. The first-order valence-corrected chi connectivity index (χ1v) is 6.87. The summed E-state index contributed by atoms with van der Waals surface area (Å²) < 4.78 is 0. The standard InChI is InChI=1S/C13H10Cl4N2/c14-8-4-6(1-2-10(8)18)3-7-5-9(15)13(19)12(17)11(7)16/h1-2,4-5H,3,18-19H2. The lowest BCUT2D eigenvalue weighted by Gasteiger charge is -2.10. The molecule has 0 amide bonds. The first-order valence-electron chi connectivity index (χ1n) is 5.36. The van der Waals surface area contributed by atoms with E-state index in [1.165, 1.54) is 0 Å². The Morgan fingerprint density at radius 3 is 2.16 bits per heavy atom. The first-order chi connectivity index (χ1) is 8.90. The van der Waals surface area contributed by atoms with E-state index < -0.39 is 0 Å². The lowest BCUT2D eigenvalue weighted by Crippen LogP contribution is -1.96. The zero-order chi connectivity index (χ0) is 14.2. The van der Waals surface area contributed by atoms with Gasteiger partial charge in [0.1, 0.15) is 0 Å². The fraction of sp³-hybridized carbons (Fsp3) is 0.0769. The van der Waals surface area contributed by atoms with E-state index in [0.717, 1.165) is 11.1 Å². The molecule has 2 aromatic rings. The van der Waals surface area contributed by atoms with Crippen LogP contribution in [0.15, 0.2) is 24.3 Å². The summed E-state index contributed by atoms with van der Waals surface area (Å²) in [6.07, 6.45) is 0.540. The van der Waals surface area contributed by atoms with Crippen molar-refractivity contribution in [3.63, 3.8) is 0 Å². The average molecular weight is 336 g/mol. The monoisotopic (exact) mass is 334 g/mol. The van der Waals surface area contributed by atoms with Crippen LogP contribution >= 0.6 is 46.4 Å². The molecule has 19 heavy (non-hydrogen) atoms. The molecule has 0 fully saturated rings. The maximum Gasteiger partial charge on any atom is 0.0839 e. The van der Waals surface area contributed by atoms with Crippen molar-refractivity contribution in [1.82, 2.24) is 0 Å². The van der Waals surface area contributed by atoms with E-state index in [0.29, 0.717) is 27.2 Å². The molecule has 0 aliphatic heterocycles. The molecule has 0 spiro atoms. The molecule has 0 saturated heterocycles. The van der Waals surface area contributed by atoms with Crippen LogP contribution in [0.1, 0.15) is 11.1 Å². The minimum atomic E-state index is 0.269. The van der Waals surface area contributed by atoms with Gasteiger partial charge in [-0.2, -0.15) is 0 Å². The van der Waals surface area contributed by atoms with Gasteiger partial charge in [-0.15, -0.1) is 0 Å². The summed E-state index contributed by atoms with van der Waals surface area (Å²) in [7, 11) is 0. The molecule has 0 aromatic heterocycles. The molecule has 100 valence electrons. The van der Waals surface area contributed by atoms with Crippen LogP contribution in [0.4, 0.5) is 11.4 Å². The Morgan fingerprint density at radius 1 is 0.842 bits per heavy atom. The maximum absolute atomic E-state index is 6.16. The molecule has 0 atom stereocenters. The summed E-state index contributed by atoms with van der Waals surface area (Å²) in [4.78, 5) is 0. The Labute approximate surface area is 131 Å². The number of rotatable bonds is 2. The predicted molar refractivity (Wildman–Crippen MR) is 84.6 cm³/mol. The molecular formula is C13H10Cl4N2. The Morgan fingerprint density at radius 2 is 1.53 bits per heavy atom. The third kappa shape index (κ3) is 3.03. The van der Waals surface area contributed by atoms with Gasteiger partial charge in [0.15, 0.2) is 0 Å². The van der Waals surface area contributed by atoms with E-state index in [1.54, 1.807) is 18.2 Å². The normalized spacial score (nSPS) is 10.7. The molecule has 6 heteroatoms. The summed E-state index contributed by atoms with van der Waals surface area (Å²) in [5.74, 6) is 0. The Balaban J connectivity index is 2.41. The van der Waals surface area contributed by atoms with Gasteiger partial charge in [0.05, 0.1) is 31.5 Å². The Hall–Kier alpha value is -0.800. The molecule has 2 rings (SSSR count). The highest BCUT2D eigenvalue weighted by atomic mass is 35.5. The Kier molecular flexibility index (Phi) is 4.36. The topological polar surface area (TPSA) is 52.0 Å². The number of anilines is 2. The summed E-state index contributed by atoms with van der Waals surface area (Å²) in [6.45, 7) is 0. The van der Waals surface area contributed by atoms with Crippen molar-refractivity contribution in [2.24, 2.45) is 0 Å². The van der Waals surface area contributed by atoms with Gasteiger partial charge in [-0.05, 0) is 35.7 Å². The van der Waals surface area contributed by atoms with Gasteiger partial charge in [-0.3, -0.25) is 0 Å². The number of hydrogen-bond acceptors (Lipinski definition) is 2. The highest BCUT2D eigenvalue weighted by molar-refractivity contribution is 6.46. The van der Waals surface area contributed by atoms with Crippen LogP contribution in [0, 0.1) is 0 Å². The highest BCUT2D eigenvalue weighted by Crippen LogP contribution is 2.37. The summed E-state index contributed by atoms with van der Waals surface area (Å²) in [5.41, 5.74) is 13.9. The van der Waals surface area contributed by atoms with E-state index in [4.69, 9.17) is 57.9 Å². The highest BCUT2D eigenvalue weighted by Gasteiger charge is 2.13. The molecular weight excluding hydrogens is 326 g/mol. The van der Waals surface area contributed by atoms with Crippen molar-refractivity contribution >= 4 is 57.8 Å². The number of halogens is 4. The molecule has 0 saturated carbocycles. The SMILES string of the molecule is Nc1ccc(Cc2cc(Cl)c(N)c(Cl)c2Cl)cc1Cl. The minimum Gasteiger partial charge on any atom is -0.398 e. The van der Waals surface area contributed by atoms with Crippen LogP contribution in [0.2, 0.25) is 20.1 Å². The van der Waals surface area contributed by atoms with Gasteiger partial charge in [0.2, 0.25) is 0 Å². The first kappa shape index (κ1) is 14.6. The smallest absolute Gasteiger partial charge is 0.0839 e. The van der Waals surface area contributed by atoms with E-state index in [9.17, 15) is 0 Å². The van der Waals surface area contributed by atoms with Gasteiger partial charge in [0, 0.05) is 0 Å². The van der Waals surface area contributed by atoms with Crippen LogP contribution in [0.25, 0.3) is 0 Å². The summed E-state index contributed by atoms with van der Waals surface area (Å²) in [5, 5.41) is 1.55. The van der Waals surface area contributed by atoms with Gasteiger partial charge in [-0.25, -0.2) is 0 Å². The van der Waals surface area contributed by atoms with E-state index in [-0.39, 0.29) is 10.7 Å². The zero-order valence-electron chi connectivity index (χ0n) is 9.68. The summed E-state index contributed by atoms with van der Waals surface area (Å²) >= 11 is 24.2. The van der Waals surface area contributed by atoms with Gasteiger partial charge in [0.25, 0.3) is 0 Å². The van der Waals surface area contributed by atoms with E-state index >= 15 is 0 Å². The Bertz CT molecular complexity index is 641. The van der Waals surface area contributed by atoms with Crippen molar-refractivity contribution in [3.05, 3.63) is 55.5 Å². The largest absolute Gasteiger partial charge is 0.398 e. The lowest BCUT2D eigenvalue weighted by molar-refractivity contribution is 1.19. The molecule has 0 aliphatic carbocycles. The average Bonchev–Trinajstić information content (AvgIpc) is 2.38. The minimum absolute atomic E-state index is 0.269. The molecule has 2 nitrogen and oxygen atoms in total. The molecule has 0 heterocycles. The molecule has 0 unspecified atom stereocenters. The second-order valence-electron chi connectivity index (χ2n) is 4.09. The molecule has 0 radical (unpaired) electrons. The molecule has 0 aliphatic rings. The second-order valence-corrected chi connectivity index (χ2v) is 5.66. The van der Waals surface area contributed by atoms with Crippen molar-refractivity contribution in [3.8, 4) is 0 Å². The fourth-order valence-corrected chi connectivity index (χ4v) is 2.61. The van der Waals surface area contributed by atoms with Crippen LogP contribution in [0.5, 0.6) is 0 Å². The van der Waals surface area contributed by atoms with Crippen molar-refractivity contribution in [1.29, 1.82) is 0 Å². The maximum atomic E-state index is 6.16. The number of benzene rings is 2. The molecule has 2 aromatic carbocycles. The van der Waals surface area contributed by atoms with Crippen molar-refractivity contribution in [2.75, 3.05) is 11.5 Å². The quantitative estimate of drug-likeness (QED) is 0.595.